The number of benzene rings is 2. The van der Waals surface area contributed by atoms with Crippen molar-refractivity contribution in [2.24, 2.45) is 0 Å². The number of carbonyl (C=O) groups is 1. The van der Waals surface area contributed by atoms with Crippen molar-refractivity contribution in [2.75, 3.05) is 0 Å². The Bertz CT molecular complexity index is 846. The van der Waals surface area contributed by atoms with Crippen LogP contribution in [0.25, 0.3) is 0 Å². The van der Waals surface area contributed by atoms with Gasteiger partial charge in [-0.15, -0.1) is 0 Å². The number of amides is 1. The van der Waals surface area contributed by atoms with E-state index in [4.69, 9.17) is 23.2 Å². The molecule has 134 valence electrons. The van der Waals surface area contributed by atoms with Crippen LogP contribution in [-0.2, 0) is 6.42 Å². The maximum Gasteiger partial charge on any atom is 0.269 e. The molecule has 0 saturated carbocycles. The van der Waals surface area contributed by atoms with Crippen LogP contribution in [0.2, 0.25) is 10.0 Å². The van der Waals surface area contributed by atoms with Crippen LogP contribution in [0.1, 0.15) is 34.5 Å². The summed E-state index contributed by atoms with van der Waals surface area (Å²) < 4.78 is 0. The lowest BCUT2D eigenvalue weighted by molar-refractivity contribution is 0.0929. The third kappa shape index (κ3) is 4.65. The maximum absolute atomic E-state index is 12.4. The maximum atomic E-state index is 12.4. The van der Waals surface area contributed by atoms with Crippen LogP contribution in [0.15, 0.2) is 60.8 Å². The molecule has 0 radical (unpaired) electrons. The number of halogens is 2. The normalized spacial score (nSPS) is 13.2. The Balaban J connectivity index is 1.82. The summed E-state index contributed by atoms with van der Waals surface area (Å²) >= 11 is 12.0. The molecule has 4 nitrogen and oxygen atoms in total. The fourth-order valence-electron chi connectivity index (χ4n) is 2.94. The molecule has 0 aliphatic rings. The molecule has 2 atom stereocenters. The minimum Gasteiger partial charge on any atom is -0.348 e. The summed E-state index contributed by atoms with van der Waals surface area (Å²) in [6.45, 7) is 2.00. The van der Waals surface area contributed by atoms with Gasteiger partial charge in [0, 0.05) is 28.2 Å². The van der Waals surface area contributed by atoms with E-state index in [0.29, 0.717) is 15.7 Å². The second-order valence-corrected chi connectivity index (χ2v) is 7.09. The summed E-state index contributed by atoms with van der Waals surface area (Å²) in [5, 5.41) is 11.0. The number of aromatic amines is 1. The lowest BCUT2D eigenvalue weighted by Crippen LogP contribution is -2.38. The first-order valence-corrected chi connectivity index (χ1v) is 9.08. The zero-order valence-electron chi connectivity index (χ0n) is 14.2. The van der Waals surface area contributed by atoms with Crippen LogP contribution in [0.3, 0.4) is 0 Å². The summed E-state index contributed by atoms with van der Waals surface area (Å²) in [7, 11) is 0. The predicted molar refractivity (Wildman–Crippen MR) is 105 cm³/mol. The number of rotatable bonds is 6. The monoisotopic (exact) mass is 387 g/mol. The van der Waals surface area contributed by atoms with E-state index in [1.807, 2.05) is 55.5 Å². The molecule has 2 aromatic carbocycles. The Hall–Kier alpha value is -2.30. The molecule has 3 rings (SSSR count). The molecule has 0 saturated heterocycles. The Morgan fingerprint density at radius 3 is 2.23 bits per heavy atom. The number of H-pyrrole nitrogens is 1. The number of hydrogen-bond donors (Lipinski definition) is 2. The third-order valence-corrected chi connectivity index (χ3v) is 4.88. The van der Waals surface area contributed by atoms with E-state index in [1.54, 1.807) is 12.3 Å². The first kappa shape index (κ1) is 18.5. The van der Waals surface area contributed by atoms with Crippen molar-refractivity contribution in [2.45, 2.75) is 25.3 Å². The second kappa shape index (κ2) is 8.39. The number of carbonyl (C=O) groups excluding carboxylic acids is 1. The average Bonchev–Trinajstić information content (AvgIpc) is 3.17. The van der Waals surface area contributed by atoms with E-state index in [-0.39, 0.29) is 17.9 Å². The standard InChI is InChI=1S/C20H19Cl2N3O/c1-13(24-20(26)19-10-11-23-25-19)18(15-4-8-17(22)9-5-15)12-14-2-6-16(21)7-3-14/h2-11,13,18H,12H2,1H3,(H,23,25)(H,24,26)/t13-,18+/m1/s1. The summed E-state index contributed by atoms with van der Waals surface area (Å²) in [5.74, 6) is -0.0922. The Morgan fingerprint density at radius 2 is 1.65 bits per heavy atom. The molecule has 1 amide bonds. The lowest BCUT2D eigenvalue weighted by Gasteiger charge is -2.26. The average molecular weight is 388 g/mol. The fourth-order valence-corrected chi connectivity index (χ4v) is 3.19. The van der Waals surface area contributed by atoms with Gasteiger partial charge in [-0.1, -0.05) is 47.5 Å². The SMILES string of the molecule is C[C@@H](NC(=O)c1ccn[nH]1)[C@H](Cc1ccc(Cl)cc1)c1ccc(Cl)cc1. The fraction of sp³-hybridized carbons (Fsp3) is 0.200. The molecule has 0 aliphatic carbocycles. The van der Waals surface area contributed by atoms with Gasteiger partial charge in [-0.25, -0.2) is 0 Å². The zero-order valence-corrected chi connectivity index (χ0v) is 15.8. The summed E-state index contributed by atoms with van der Waals surface area (Å²) in [6, 6.07) is 17.1. The molecule has 0 aliphatic heterocycles. The summed E-state index contributed by atoms with van der Waals surface area (Å²) in [5.41, 5.74) is 2.71. The zero-order chi connectivity index (χ0) is 18.5. The van der Waals surface area contributed by atoms with Crippen molar-refractivity contribution in [3.8, 4) is 0 Å². The molecule has 0 fully saturated rings. The van der Waals surface area contributed by atoms with Crippen LogP contribution in [0.4, 0.5) is 0 Å². The first-order chi connectivity index (χ1) is 12.5. The van der Waals surface area contributed by atoms with Gasteiger partial charge in [0.1, 0.15) is 5.69 Å². The summed E-state index contributed by atoms with van der Waals surface area (Å²) in [6.07, 6.45) is 2.33. The van der Waals surface area contributed by atoms with Gasteiger partial charge in [-0.3, -0.25) is 9.89 Å². The van der Waals surface area contributed by atoms with Gasteiger partial charge in [0.15, 0.2) is 0 Å². The van der Waals surface area contributed by atoms with Crippen molar-refractivity contribution < 1.29 is 4.79 Å². The highest BCUT2D eigenvalue weighted by molar-refractivity contribution is 6.30. The third-order valence-electron chi connectivity index (χ3n) is 4.37. The number of nitrogens with zero attached hydrogens (tertiary/aromatic N) is 1. The van der Waals surface area contributed by atoms with E-state index >= 15 is 0 Å². The largest absolute Gasteiger partial charge is 0.348 e. The van der Waals surface area contributed by atoms with Crippen LogP contribution >= 0.6 is 23.2 Å². The van der Waals surface area contributed by atoms with E-state index < -0.39 is 0 Å². The summed E-state index contributed by atoms with van der Waals surface area (Å²) in [4.78, 5) is 12.4. The van der Waals surface area contributed by atoms with Crippen LogP contribution < -0.4 is 5.32 Å². The number of nitrogens with one attached hydrogen (secondary N) is 2. The molecule has 1 aromatic heterocycles. The van der Waals surface area contributed by atoms with Gasteiger partial charge >= 0.3 is 0 Å². The molecule has 6 heteroatoms. The molecular formula is C20H19Cl2N3O. The topological polar surface area (TPSA) is 57.8 Å². The van der Waals surface area contributed by atoms with Gasteiger partial charge in [0.05, 0.1) is 0 Å². The highest BCUT2D eigenvalue weighted by atomic mass is 35.5. The second-order valence-electron chi connectivity index (χ2n) is 6.22. The Kier molecular flexibility index (Phi) is 5.96. The molecule has 0 unspecified atom stereocenters. The molecule has 3 aromatic rings. The van der Waals surface area contributed by atoms with E-state index in [0.717, 1.165) is 17.5 Å². The van der Waals surface area contributed by atoms with Gasteiger partial charge in [-0.2, -0.15) is 5.10 Å². The first-order valence-electron chi connectivity index (χ1n) is 8.33. The van der Waals surface area contributed by atoms with E-state index in [9.17, 15) is 4.79 Å². The van der Waals surface area contributed by atoms with Crippen molar-refractivity contribution in [1.29, 1.82) is 0 Å². The van der Waals surface area contributed by atoms with Gasteiger partial charge in [0.2, 0.25) is 0 Å². The smallest absolute Gasteiger partial charge is 0.269 e. The quantitative estimate of drug-likeness (QED) is 0.634. The Morgan fingerprint density at radius 1 is 1.04 bits per heavy atom. The van der Waals surface area contributed by atoms with Crippen molar-refractivity contribution >= 4 is 29.1 Å². The Labute approximate surface area is 162 Å². The number of hydrogen-bond acceptors (Lipinski definition) is 2. The highest BCUT2D eigenvalue weighted by Gasteiger charge is 2.22. The van der Waals surface area contributed by atoms with Gasteiger partial charge in [0.25, 0.3) is 5.91 Å². The molecule has 0 spiro atoms. The molecule has 1 heterocycles. The van der Waals surface area contributed by atoms with Crippen molar-refractivity contribution in [1.82, 2.24) is 15.5 Å². The molecule has 26 heavy (non-hydrogen) atoms. The molecule has 2 N–H and O–H groups in total. The van der Waals surface area contributed by atoms with E-state index in [2.05, 4.69) is 15.5 Å². The molecule has 0 bridgehead atoms. The minimum atomic E-state index is -0.176. The van der Waals surface area contributed by atoms with Crippen LogP contribution in [0.5, 0.6) is 0 Å². The van der Waals surface area contributed by atoms with E-state index in [1.165, 1.54) is 0 Å². The van der Waals surface area contributed by atoms with Crippen molar-refractivity contribution in [3.05, 3.63) is 87.7 Å². The van der Waals surface area contributed by atoms with Gasteiger partial charge in [-0.05, 0) is 54.8 Å². The minimum absolute atomic E-state index is 0.0836. The van der Waals surface area contributed by atoms with Crippen molar-refractivity contribution in [3.63, 3.8) is 0 Å². The number of aromatic nitrogens is 2. The lowest BCUT2D eigenvalue weighted by atomic mass is 9.86. The van der Waals surface area contributed by atoms with Crippen LogP contribution in [0, 0.1) is 0 Å². The molecular weight excluding hydrogens is 369 g/mol. The van der Waals surface area contributed by atoms with Gasteiger partial charge < -0.3 is 5.32 Å². The van der Waals surface area contributed by atoms with Crippen LogP contribution in [-0.4, -0.2) is 22.1 Å². The highest BCUT2D eigenvalue weighted by Crippen LogP contribution is 2.27. The predicted octanol–water partition coefficient (Wildman–Crippen LogP) is 4.86.